The van der Waals surface area contributed by atoms with Gasteiger partial charge in [-0.1, -0.05) is 87.0 Å². The topological polar surface area (TPSA) is 72.3 Å². The van der Waals surface area contributed by atoms with E-state index in [1.165, 1.54) is 15.9 Å². The summed E-state index contributed by atoms with van der Waals surface area (Å²) >= 11 is 0. The number of aromatic nitrogens is 2. The van der Waals surface area contributed by atoms with Crippen LogP contribution in [0.25, 0.3) is 27.7 Å². The Kier molecular flexibility index (Phi) is 7.45. The summed E-state index contributed by atoms with van der Waals surface area (Å²) in [7, 11) is -2.35. The van der Waals surface area contributed by atoms with Gasteiger partial charge in [-0.15, -0.1) is 0 Å². The summed E-state index contributed by atoms with van der Waals surface area (Å²) in [5.74, 6) is 0.344. The summed E-state index contributed by atoms with van der Waals surface area (Å²) in [6.07, 6.45) is 0. The van der Waals surface area contributed by atoms with Crippen molar-refractivity contribution in [2.75, 3.05) is 7.05 Å². The molecule has 41 heavy (non-hydrogen) atoms. The Hall–Kier alpha value is -4.07. The fraction of sp³-hybridized carbons (Fsp3) is 0.235. The summed E-state index contributed by atoms with van der Waals surface area (Å²) in [6, 6.07) is 29.3. The minimum atomic E-state index is -3.89. The summed E-state index contributed by atoms with van der Waals surface area (Å²) in [6.45, 7) is 10.00. The van der Waals surface area contributed by atoms with Crippen molar-refractivity contribution in [1.29, 1.82) is 0 Å². The van der Waals surface area contributed by atoms with Crippen LogP contribution in [0.4, 0.5) is 0 Å². The van der Waals surface area contributed by atoms with Crippen molar-refractivity contribution in [2.24, 2.45) is 0 Å². The monoisotopic (exact) mass is 565 g/mol. The molecule has 0 bridgehead atoms. The molecule has 7 heteroatoms. The maximum atomic E-state index is 14.2. The molecule has 0 aliphatic rings. The molecule has 0 aliphatic heterocycles. The van der Waals surface area contributed by atoms with E-state index in [0.717, 1.165) is 22.3 Å². The average molecular weight is 566 g/mol. The van der Waals surface area contributed by atoms with E-state index in [1.807, 2.05) is 91.9 Å². The third kappa shape index (κ3) is 5.47. The summed E-state index contributed by atoms with van der Waals surface area (Å²) in [4.78, 5) is 19.2. The van der Waals surface area contributed by atoms with Gasteiger partial charge in [0.1, 0.15) is 5.82 Å². The lowest BCUT2D eigenvalue weighted by molar-refractivity contribution is 0.379. The third-order valence-electron chi connectivity index (χ3n) is 7.61. The van der Waals surface area contributed by atoms with Gasteiger partial charge in [-0.25, -0.2) is 13.4 Å². The van der Waals surface area contributed by atoms with Crippen molar-refractivity contribution < 1.29 is 8.42 Å². The highest BCUT2D eigenvalue weighted by Crippen LogP contribution is 2.30. The molecule has 0 amide bonds. The van der Waals surface area contributed by atoms with Crippen LogP contribution in [0.5, 0.6) is 0 Å². The molecule has 5 aromatic rings. The van der Waals surface area contributed by atoms with Crippen molar-refractivity contribution in [3.63, 3.8) is 0 Å². The zero-order valence-corrected chi connectivity index (χ0v) is 25.1. The largest absolute Gasteiger partial charge is 0.268 e. The molecule has 0 aliphatic carbocycles. The standard InChI is InChI=1S/C34H35N3O3S/c1-23-12-17-28(18-13-23)37-32(24(2)36(6)41(39,40)29-19-15-27(16-20-29)34(3,4)5)35-31-21-14-26(22-30(31)33(37)38)25-10-8-7-9-11-25/h7-22,24H,1-6H3. The molecule has 1 aromatic heterocycles. The van der Waals surface area contributed by atoms with E-state index in [2.05, 4.69) is 20.8 Å². The van der Waals surface area contributed by atoms with Crippen LogP contribution < -0.4 is 5.56 Å². The summed E-state index contributed by atoms with van der Waals surface area (Å²) in [5, 5.41) is 0.464. The normalized spacial score (nSPS) is 13.0. The molecule has 0 saturated carbocycles. The zero-order valence-electron chi connectivity index (χ0n) is 24.3. The molecule has 1 atom stereocenters. The molecule has 0 radical (unpaired) electrons. The quantitative estimate of drug-likeness (QED) is 0.221. The first-order valence-electron chi connectivity index (χ1n) is 13.7. The molecule has 0 saturated heterocycles. The number of fused-ring (bicyclic) bond motifs is 1. The Morgan fingerprint density at radius 2 is 1.46 bits per heavy atom. The predicted molar refractivity (Wildman–Crippen MR) is 166 cm³/mol. The second-order valence-corrected chi connectivity index (χ2v) is 13.5. The van der Waals surface area contributed by atoms with Gasteiger partial charge in [-0.05, 0) is 72.4 Å². The first kappa shape index (κ1) is 28.5. The first-order chi connectivity index (χ1) is 19.4. The molecule has 0 fully saturated rings. The van der Waals surface area contributed by atoms with E-state index in [4.69, 9.17) is 4.98 Å². The van der Waals surface area contributed by atoms with Crippen LogP contribution in [0.2, 0.25) is 0 Å². The van der Waals surface area contributed by atoms with Crippen molar-refractivity contribution in [3.8, 4) is 16.8 Å². The van der Waals surface area contributed by atoms with E-state index in [1.54, 1.807) is 19.1 Å². The van der Waals surface area contributed by atoms with Crippen LogP contribution in [0, 0.1) is 6.92 Å². The molecule has 0 N–H and O–H groups in total. The van der Waals surface area contributed by atoms with Crippen LogP contribution in [0.15, 0.2) is 107 Å². The molecule has 5 rings (SSSR count). The first-order valence-corrected chi connectivity index (χ1v) is 15.1. The van der Waals surface area contributed by atoms with E-state index in [-0.39, 0.29) is 15.9 Å². The number of aryl methyl sites for hydroxylation is 1. The number of hydrogen-bond donors (Lipinski definition) is 0. The highest BCUT2D eigenvalue weighted by atomic mass is 32.2. The molecule has 1 unspecified atom stereocenters. The van der Waals surface area contributed by atoms with Gasteiger partial charge in [0.15, 0.2) is 0 Å². The van der Waals surface area contributed by atoms with Gasteiger partial charge in [-0.3, -0.25) is 9.36 Å². The average Bonchev–Trinajstić information content (AvgIpc) is 2.97. The van der Waals surface area contributed by atoms with Gasteiger partial charge in [0.2, 0.25) is 10.0 Å². The predicted octanol–water partition coefficient (Wildman–Crippen LogP) is 7.04. The molecule has 1 heterocycles. The number of rotatable bonds is 6. The zero-order chi connectivity index (χ0) is 29.5. The number of benzene rings is 4. The van der Waals surface area contributed by atoms with E-state index >= 15 is 0 Å². The van der Waals surface area contributed by atoms with E-state index in [9.17, 15) is 13.2 Å². The lowest BCUT2D eigenvalue weighted by Gasteiger charge is -2.27. The van der Waals surface area contributed by atoms with Crippen LogP contribution in [0.1, 0.15) is 50.7 Å². The Balaban J connectivity index is 1.65. The van der Waals surface area contributed by atoms with Crippen LogP contribution >= 0.6 is 0 Å². The van der Waals surface area contributed by atoms with Gasteiger partial charge in [0.05, 0.1) is 27.5 Å². The van der Waals surface area contributed by atoms with Gasteiger partial charge in [-0.2, -0.15) is 4.31 Å². The van der Waals surface area contributed by atoms with E-state index < -0.39 is 16.1 Å². The molecule has 6 nitrogen and oxygen atoms in total. The molecule has 4 aromatic carbocycles. The highest BCUT2D eigenvalue weighted by Gasteiger charge is 2.30. The van der Waals surface area contributed by atoms with Crippen LogP contribution in [0.3, 0.4) is 0 Å². The second kappa shape index (κ2) is 10.7. The lowest BCUT2D eigenvalue weighted by Crippen LogP contribution is -2.35. The maximum absolute atomic E-state index is 14.2. The van der Waals surface area contributed by atoms with Crippen molar-refractivity contribution in [3.05, 3.63) is 124 Å². The Morgan fingerprint density at radius 1 is 0.829 bits per heavy atom. The van der Waals surface area contributed by atoms with Crippen LogP contribution in [-0.2, 0) is 15.4 Å². The molecule has 0 spiro atoms. The van der Waals surface area contributed by atoms with Crippen molar-refractivity contribution in [2.45, 2.75) is 51.0 Å². The lowest BCUT2D eigenvalue weighted by atomic mass is 9.87. The second-order valence-electron chi connectivity index (χ2n) is 11.5. The fourth-order valence-electron chi connectivity index (χ4n) is 4.90. The fourth-order valence-corrected chi connectivity index (χ4v) is 6.22. The van der Waals surface area contributed by atoms with Gasteiger partial charge in [0.25, 0.3) is 5.56 Å². The van der Waals surface area contributed by atoms with Crippen molar-refractivity contribution >= 4 is 20.9 Å². The van der Waals surface area contributed by atoms with Crippen LogP contribution in [-0.4, -0.2) is 29.3 Å². The Bertz CT molecular complexity index is 1870. The minimum absolute atomic E-state index is 0.0962. The van der Waals surface area contributed by atoms with Gasteiger partial charge < -0.3 is 0 Å². The number of sulfonamides is 1. The Labute approximate surface area is 242 Å². The smallest absolute Gasteiger partial charge is 0.266 e. The Morgan fingerprint density at radius 3 is 2.07 bits per heavy atom. The molecule has 210 valence electrons. The molecular weight excluding hydrogens is 530 g/mol. The number of nitrogens with zero attached hydrogens (tertiary/aromatic N) is 3. The highest BCUT2D eigenvalue weighted by molar-refractivity contribution is 7.89. The minimum Gasteiger partial charge on any atom is -0.268 e. The molecular formula is C34H35N3O3S. The number of hydrogen-bond acceptors (Lipinski definition) is 4. The SMILES string of the molecule is Cc1ccc(-n2c(C(C)N(C)S(=O)(=O)c3ccc(C(C)(C)C)cc3)nc3ccc(-c4ccccc4)cc3c2=O)cc1. The van der Waals surface area contributed by atoms with Gasteiger partial charge in [0, 0.05) is 7.05 Å². The summed E-state index contributed by atoms with van der Waals surface area (Å²) in [5.41, 5.74) is 4.80. The van der Waals surface area contributed by atoms with Crippen molar-refractivity contribution in [1.82, 2.24) is 13.9 Å². The summed E-state index contributed by atoms with van der Waals surface area (Å²) < 4.78 is 30.3. The third-order valence-corrected chi connectivity index (χ3v) is 9.55. The maximum Gasteiger partial charge on any atom is 0.266 e. The van der Waals surface area contributed by atoms with Gasteiger partial charge >= 0.3 is 0 Å². The van der Waals surface area contributed by atoms with E-state index in [0.29, 0.717) is 22.4 Å².